The lowest BCUT2D eigenvalue weighted by Crippen LogP contribution is -2.52. The fraction of sp³-hybridized carbons (Fsp3) is 1.00. The highest BCUT2D eigenvalue weighted by Crippen LogP contribution is 2.46. The summed E-state index contributed by atoms with van der Waals surface area (Å²) in [6.07, 6.45) is -12.7. The topological polar surface area (TPSA) is 24.1 Å². The van der Waals surface area contributed by atoms with E-state index in [1.807, 2.05) is 0 Å². The summed E-state index contributed by atoms with van der Waals surface area (Å²) < 4.78 is 133. The highest BCUT2D eigenvalue weighted by atomic mass is 32.2. The first kappa shape index (κ1) is 30.6. The fourth-order valence-electron chi connectivity index (χ4n) is 3.59. The van der Waals surface area contributed by atoms with Crippen molar-refractivity contribution >= 4 is 11.8 Å². The van der Waals surface area contributed by atoms with Crippen LogP contribution in [0.4, 0.5) is 43.9 Å². The van der Waals surface area contributed by atoms with Crippen molar-refractivity contribution in [2.24, 2.45) is 11.8 Å². The van der Waals surface area contributed by atoms with Crippen LogP contribution in [0.1, 0.15) is 39.5 Å². The third-order valence-electron chi connectivity index (χ3n) is 5.43. The quantitative estimate of drug-likeness (QED) is 0.224. The molecule has 4 atom stereocenters. The van der Waals surface area contributed by atoms with Crippen LogP contribution in [0.5, 0.6) is 0 Å². The van der Waals surface area contributed by atoms with Gasteiger partial charge in [-0.25, -0.2) is 0 Å². The molecule has 2 N–H and O–H groups in total. The molecule has 0 aromatic rings. The lowest BCUT2D eigenvalue weighted by atomic mass is 9.88. The van der Waals surface area contributed by atoms with E-state index < -0.39 is 61.0 Å². The van der Waals surface area contributed by atoms with Crippen molar-refractivity contribution in [3.63, 3.8) is 0 Å². The molecule has 188 valence electrons. The molecule has 0 rings (SSSR count). The number of rotatable bonds is 14. The number of hydrogen-bond donors (Lipinski definition) is 2. The van der Waals surface area contributed by atoms with Gasteiger partial charge in [0.1, 0.15) is 0 Å². The van der Waals surface area contributed by atoms with Gasteiger partial charge in [-0.15, -0.1) is 0 Å². The van der Waals surface area contributed by atoms with Gasteiger partial charge in [0.15, 0.2) is 0 Å². The Hall–Kier alpha value is -0.430. The van der Waals surface area contributed by atoms with Crippen LogP contribution in [-0.2, 0) is 0 Å². The van der Waals surface area contributed by atoms with E-state index in [1.54, 1.807) is 0 Å². The molecule has 0 amide bonds. The predicted octanol–water partition coefficient (Wildman–Crippen LogP) is 6.12. The summed E-state index contributed by atoms with van der Waals surface area (Å²) in [4.78, 5) is 0. The molecule has 0 aromatic carbocycles. The van der Waals surface area contributed by atoms with Gasteiger partial charge < -0.3 is 10.6 Å². The zero-order valence-corrected chi connectivity index (χ0v) is 18.6. The molecular formula is C18H30F10N2S. The summed E-state index contributed by atoms with van der Waals surface area (Å²) in [6.45, 7) is 2.89. The molecule has 0 heterocycles. The average molecular weight is 496 g/mol. The van der Waals surface area contributed by atoms with Gasteiger partial charge in [0.25, 0.3) is 0 Å². The molecule has 0 aliphatic carbocycles. The van der Waals surface area contributed by atoms with E-state index in [0.717, 1.165) is 11.8 Å². The average Bonchev–Trinajstić information content (AvgIpc) is 2.64. The number of alkyl halides is 10. The van der Waals surface area contributed by atoms with E-state index in [1.165, 1.54) is 27.9 Å². The number of hydrogen-bond acceptors (Lipinski definition) is 3. The lowest BCUT2D eigenvalue weighted by Gasteiger charge is -2.35. The summed E-state index contributed by atoms with van der Waals surface area (Å²) in [5.41, 5.74) is 0. The molecule has 4 unspecified atom stereocenters. The maximum Gasteiger partial charge on any atom is 0.453 e. The van der Waals surface area contributed by atoms with E-state index in [9.17, 15) is 43.9 Å². The highest BCUT2D eigenvalue weighted by molar-refractivity contribution is 7.99. The minimum absolute atomic E-state index is 0.00225. The van der Waals surface area contributed by atoms with Gasteiger partial charge in [-0.05, 0) is 51.3 Å². The molecular weight excluding hydrogens is 466 g/mol. The molecule has 31 heavy (non-hydrogen) atoms. The van der Waals surface area contributed by atoms with Crippen molar-refractivity contribution in [3.8, 4) is 0 Å². The molecule has 0 saturated heterocycles. The summed E-state index contributed by atoms with van der Waals surface area (Å²) in [7, 11) is 2.51. The highest BCUT2D eigenvalue weighted by Gasteiger charge is 2.64. The van der Waals surface area contributed by atoms with Crippen LogP contribution >= 0.6 is 11.8 Å². The normalized spacial score (nSPS) is 18.0. The summed E-state index contributed by atoms with van der Waals surface area (Å²) in [5, 5.41) is 4.87. The van der Waals surface area contributed by atoms with E-state index in [0.29, 0.717) is 0 Å². The Morgan fingerprint density at radius 2 is 0.903 bits per heavy atom. The first-order valence-corrected chi connectivity index (χ1v) is 11.0. The Balaban J connectivity index is 5.19. The Morgan fingerprint density at radius 3 is 1.10 bits per heavy atom. The SMILES string of the molecule is CCC(NC)C(CCSCCC(C(CC)NC)C(F)(F)C(F)(F)F)C(F)(F)C(F)(F)F. The molecule has 0 fully saturated rings. The van der Waals surface area contributed by atoms with Crippen LogP contribution in [0.15, 0.2) is 0 Å². The van der Waals surface area contributed by atoms with Crippen molar-refractivity contribution in [1.82, 2.24) is 10.6 Å². The molecule has 13 heteroatoms. The molecule has 0 bridgehead atoms. The van der Waals surface area contributed by atoms with Crippen molar-refractivity contribution in [3.05, 3.63) is 0 Å². The molecule has 0 saturated carbocycles. The van der Waals surface area contributed by atoms with Gasteiger partial charge in [-0.1, -0.05) is 13.8 Å². The second kappa shape index (κ2) is 12.2. The van der Waals surface area contributed by atoms with Gasteiger partial charge >= 0.3 is 24.2 Å². The van der Waals surface area contributed by atoms with Crippen LogP contribution in [0, 0.1) is 11.8 Å². The second-order valence-electron chi connectivity index (χ2n) is 7.25. The molecule has 0 radical (unpaired) electrons. The summed E-state index contributed by atoms with van der Waals surface area (Å²) >= 11 is 0.783. The van der Waals surface area contributed by atoms with E-state index in [4.69, 9.17) is 0 Å². The minimum Gasteiger partial charge on any atom is -0.317 e. The van der Waals surface area contributed by atoms with Crippen LogP contribution in [-0.4, -0.2) is 61.9 Å². The van der Waals surface area contributed by atoms with Gasteiger partial charge in [0.2, 0.25) is 0 Å². The molecule has 0 spiro atoms. The van der Waals surface area contributed by atoms with Crippen molar-refractivity contribution in [1.29, 1.82) is 0 Å². The number of thioether (sulfide) groups is 1. The van der Waals surface area contributed by atoms with Crippen LogP contribution in [0.2, 0.25) is 0 Å². The number of halogens is 10. The first-order valence-electron chi connectivity index (χ1n) is 9.84. The first-order chi connectivity index (χ1) is 14.0. The third kappa shape index (κ3) is 7.83. The second-order valence-corrected chi connectivity index (χ2v) is 8.48. The Bertz CT molecular complexity index is 459. The van der Waals surface area contributed by atoms with Crippen LogP contribution in [0.25, 0.3) is 0 Å². The Kier molecular flexibility index (Phi) is 12.0. The van der Waals surface area contributed by atoms with Gasteiger partial charge in [-0.2, -0.15) is 55.7 Å². The van der Waals surface area contributed by atoms with Gasteiger partial charge in [0, 0.05) is 23.9 Å². The van der Waals surface area contributed by atoms with Crippen molar-refractivity contribution in [2.75, 3.05) is 25.6 Å². The number of nitrogens with one attached hydrogen (secondary N) is 2. The van der Waals surface area contributed by atoms with Crippen molar-refractivity contribution < 1.29 is 43.9 Å². The summed E-state index contributed by atoms with van der Waals surface area (Å²) in [6, 6.07) is -2.29. The zero-order valence-electron chi connectivity index (χ0n) is 17.7. The molecule has 0 aliphatic rings. The molecule has 2 nitrogen and oxygen atoms in total. The van der Waals surface area contributed by atoms with Gasteiger partial charge in [0.05, 0.1) is 0 Å². The minimum atomic E-state index is -5.76. The van der Waals surface area contributed by atoms with Crippen LogP contribution < -0.4 is 10.6 Å². The standard InChI is InChI=1S/C18H30F10N2S/c1-5-13(29-3)11(15(19,20)17(23,24)25)7-9-31-10-8-12(14(6-2)30-4)16(21,22)18(26,27)28/h11-14,29-30H,5-10H2,1-4H3. The molecule has 0 aliphatic heterocycles. The van der Waals surface area contributed by atoms with Crippen LogP contribution in [0.3, 0.4) is 0 Å². The van der Waals surface area contributed by atoms with E-state index in [2.05, 4.69) is 10.6 Å². The predicted molar refractivity (Wildman–Crippen MR) is 102 cm³/mol. The third-order valence-corrected chi connectivity index (χ3v) is 6.48. The smallest absolute Gasteiger partial charge is 0.317 e. The monoisotopic (exact) mass is 496 g/mol. The van der Waals surface area contributed by atoms with E-state index >= 15 is 0 Å². The molecule has 0 aromatic heterocycles. The Labute approximate surface area is 180 Å². The fourth-order valence-corrected chi connectivity index (χ4v) is 4.64. The summed E-state index contributed by atoms with van der Waals surface area (Å²) in [5.74, 6) is -14.6. The maximum absolute atomic E-state index is 13.9. The van der Waals surface area contributed by atoms with Gasteiger partial charge in [-0.3, -0.25) is 0 Å². The van der Waals surface area contributed by atoms with E-state index in [-0.39, 0.29) is 24.3 Å². The maximum atomic E-state index is 13.9. The zero-order chi connectivity index (χ0) is 24.7. The largest absolute Gasteiger partial charge is 0.453 e. The lowest BCUT2D eigenvalue weighted by molar-refractivity contribution is -0.306. The van der Waals surface area contributed by atoms with Crippen molar-refractivity contribution in [2.45, 2.75) is 75.8 Å². The Morgan fingerprint density at radius 1 is 0.613 bits per heavy atom.